The lowest BCUT2D eigenvalue weighted by Crippen LogP contribution is -2.20. The van der Waals surface area contributed by atoms with Crippen molar-refractivity contribution in [1.29, 1.82) is 0 Å². The molecular formula is C14H22N2O2S. The monoisotopic (exact) mass is 282 g/mol. The molecule has 1 aliphatic rings. The molecule has 0 spiro atoms. The molecule has 0 bridgehead atoms. The van der Waals surface area contributed by atoms with Crippen LogP contribution in [0, 0.1) is 5.92 Å². The summed E-state index contributed by atoms with van der Waals surface area (Å²) < 4.78 is 22.9. The fourth-order valence-corrected chi connectivity index (χ4v) is 2.86. The first kappa shape index (κ1) is 14.2. The Labute approximate surface area is 115 Å². The van der Waals surface area contributed by atoms with Crippen molar-refractivity contribution in [2.75, 3.05) is 17.3 Å². The van der Waals surface area contributed by atoms with Gasteiger partial charge in [-0.25, -0.2) is 8.42 Å². The molecule has 1 aliphatic carbocycles. The summed E-state index contributed by atoms with van der Waals surface area (Å²) in [4.78, 5) is 0.269. The molecule has 1 saturated carbocycles. The molecule has 0 radical (unpaired) electrons. The lowest BCUT2D eigenvalue weighted by atomic mass is 10.1. The average molecular weight is 282 g/mol. The summed E-state index contributed by atoms with van der Waals surface area (Å²) in [7, 11) is -3.19. The number of anilines is 2. The Hall–Kier alpha value is -1.23. The van der Waals surface area contributed by atoms with Crippen LogP contribution in [0.4, 0.5) is 11.4 Å². The standard InChI is InChI=1S/C14H22N2O2S/c1-3-11(8-10-4-5-10)16-14-7-6-12(9-13(14)15)19(2,17)18/h6-7,9-11,16H,3-5,8,15H2,1-2H3. The van der Waals surface area contributed by atoms with E-state index in [4.69, 9.17) is 5.73 Å². The van der Waals surface area contributed by atoms with Gasteiger partial charge in [0, 0.05) is 12.3 Å². The van der Waals surface area contributed by atoms with Crippen molar-refractivity contribution in [3.8, 4) is 0 Å². The molecule has 0 saturated heterocycles. The summed E-state index contributed by atoms with van der Waals surface area (Å²) in [5.41, 5.74) is 7.27. The molecule has 19 heavy (non-hydrogen) atoms. The molecule has 0 aliphatic heterocycles. The van der Waals surface area contributed by atoms with Crippen molar-refractivity contribution in [2.24, 2.45) is 5.92 Å². The van der Waals surface area contributed by atoms with Gasteiger partial charge in [-0.2, -0.15) is 0 Å². The van der Waals surface area contributed by atoms with Gasteiger partial charge >= 0.3 is 0 Å². The van der Waals surface area contributed by atoms with Gasteiger partial charge in [0.15, 0.2) is 9.84 Å². The first-order valence-electron chi connectivity index (χ1n) is 6.76. The van der Waals surface area contributed by atoms with Crippen LogP contribution in [0.5, 0.6) is 0 Å². The summed E-state index contributed by atoms with van der Waals surface area (Å²) in [6.45, 7) is 2.15. The molecule has 1 fully saturated rings. The van der Waals surface area contributed by atoms with Crippen molar-refractivity contribution in [1.82, 2.24) is 0 Å². The molecule has 1 aromatic rings. The second-order valence-electron chi connectivity index (χ2n) is 5.45. The Balaban J connectivity index is 2.11. The van der Waals surface area contributed by atoms with E-state index in [0.29, 0.717) is 11.7 Å². The van der Waals surface area contributed by atoms with Gasteiger partial charge in [-0.3, -0.25) is 0 Å². The zero-order valence-electron chi connectivity index (χ0n) is 11.5. The van der Waals surface area contributed by atoms with Crippen LogP contribution in [-0.4, -0.2) is 20.7 Å². The van der Waals surface area contributed by atoms with E-state index in [2.05, 4.69) is 12.2 Å². The van der Waals surface area contributed by atoms with Crippen LogP contribution in [0.2, 0.25) is 0 Å². The summed E-state index contributed by atoms with van der Waals surface area (Å²) in [6, 6.07) is 5.32. The van der Waals surface area contributed by atoms with Crippen LogP contribution in [0.15, 0.2) is 23.1 Å². The molecule has 2 rings (SSSR count). The van der Waals surface area contributed by atoms with Crippen molar-refractivity contribution < 1.29 is 8.42 Å². The van der Waals surface area contributed by atoms with Crippen molar-refractivity contribution >= 4 is 21.2 Å². The van der Waals surface area contributed by atoms with Crippen LogP contribution in [-0.2, 0) is 9.84 Å². The first-order valence-corrected chi connectivity index (χ1v) is 8.65. The molecule has 4 nitrogen and oxygen atoms in total. The quantitative estimate of drug-likeness (QED) is 0.787. The normalized spacial score (nSPS) is 17.2. The second kappa shape index (κ2) is 5.41. The van der Waals surface area contributed by atoms with Gasteiger partial charge in [0.25, 0.3) is 0 Å². The van der Waals surface area contributed by atoms with Crippen molar-refractivity contribution in [3.05, 3.63) is 18.2 Å². The lowest BCUT2D eigenvalue weighted by molar-refractivity contribution is 0.587. The van der Waals surface area contributed by atoms with Crippen LogP contribution in [0.1, 0.15) is 32.6 Å². The minimum Gasteiger partial charge on any atom is -0.397 e. The molecule has 1 unspecified atom stereocenters. The Morgan fingerprint density at radius 1 is 1.42 bits per heavy atom. The largest absolute Gasteiger partial charge is 0.397 e. The zero-order valence-corrected chi connectivity index (χ0v) is 12.3. The van der Waals surface area contributed by atoms with Gasteiger partial charge in [0.2, 0.25) is 0 Å². The van der Waals surface area contributed by atoms with E-state index in [0.717, 1.165) is 18.0 Å². The number of sulfone groups is 1. The molecule has 0 heterocycles. The highest BCUT2D eigenvalue weighted by molar-refractivity contribution is 7.90. The fourth-order valence-electron chi connectivity index (χ4n) is 2.21. The molecule has 3 N–H and O–H groups in total. The smallest absolute Gasteiger partial charge is 0.175 e. The molecule has 5 heteroatoms. The average Bonchev–Trinajstić information content (AvgIpc) is 3.13. The Morgan fingerprint density at radius 3 is 2.58 bits per heavy atom. The number of nitrogens with one attached hydrogen (secondary N) is 1. The molecule has 1 atom stereocenters. The van der Waals surface area contributed by atoms with E-state index < -0.39 is 9.84 Å². The summed E-state index contributed by atoms with van der Waals surface area (Å²) in [5.74, 6) is 0.856. The maximum absolute atomic E-state index is 11.5. The van der Waals surface area contributed by atoms with Gasteiger partial charge in [0.1, 0.15) is 0 Å². The van der Waals surface area contributed by atoms with Gasteiger partial charge in [-0.05, 0) is 37.0 Å². The predicted octanol–water partition coefficient (Wildman–Crippen LogP) is 2.66. The SMILES string of the molecule is CCC(CC1CC1)Nc1ccc(S(C)(=O)=O)cc1N. The van der Waals surface area contributed by atoms with Crippen molar-refractivity contribution in [2.45, 2.75) is 43.5 Å². The molecule has 106 valence electrons. The lowest BCUT2D eigenvalue weighted by Gasteiger charge is -2.19. The van der Waals surface area contributed by atoms with Crippen LogP contribution in [0.3, 0.4) is 0 Å². The third-order valence-corrected chi connectivity index (χ3v) is 4.73. The van der Waals surface area contributed by atoms with Gasteiger partial charge in [0.05, 0.1) is 16.3 Å². The number of nitrogen functional groups attached to an aromatic ring is 1. The molecule has 1 aromatic carbocycles. The Bertz CT molecular complexity index is 551. The summed E-state index contributed by atoms with van der Waals surface area (Å²) in [6.07, 6.45) is 6.08. The topological polar surface area (TPSA) is 72.2 Å². The fraction of sp³-hybridized carbons (Fsp3) is 0.571. The number of nitrogens with two attached hydrogens (primary N) is 1. The van der Waals surface area contributed by atoms with Crippen LogP contribution >= 0.6 is 0 Å². The Morgan fingerprint density at radius 2 is 2.11 bits per heavy atom. The zero-order chi connectivity index (χ0) is 14.0. The molecule has 0 amide bonds. The van der Waals surface area contributed by atoms with E-state index in [1.165, 1.54) is 31.6 Å². The minimum absolute atomic E-state index is 0.269. The highest BCUT2D eigenvalue weighted by Gasteiger charge is 2.25. The van der Waals surface area contributed by atoms with E-state index >= 15 is 0 Å². The number of benzene rings is 1. The third-order valence-electron chi connectivity index (χ3n) is 3.62. The van der Waals surface area contributed by atoms with Crippen LogP contribution < -0.4 is 11.1 Å². The minimum atomic E-state index is -3.19. The number of rotatable bonds is 6. The van der Waals surface area contributed by atoms with E-state index in [1.807, 2.05) is 0 Å². The van der Waals surface area contributed by atoms with Gasteiger partial charge in [-0.1, -0.05) is 19.8 Å². The summed E-state index contributed by atoms with van der Waals surface area (Å²) >= 11 is 0. The molecule has 0 aromatic heterocycles. The third kappa shape index (κ3) is 3.86. The summed E-state index contributed by atoms with van der Waals surface area (Å²) in [5, 5.41) is 3.43. The van der Waals surface area contributed by atoms with Gasteiger partial charge < -0.3 is 11.1 Å². The molecular weight excluding hydrogens is 260 g/mol. The van der Waals surface area contributed by atoms with Gasteiger partial charge in [-0.15, -0.1) is 0 Å². The van der Waals surface area contributed by atoms with E-state index in [1.54, 1.807) is 12.1 Å². The van der Waals surface area contributed by atoms with E-state index in [9.17, 15) is 8.42 Å². The Kier molecular flexibility index (Phi) is 4.04. The van der Waals surface area contributed by atoms with Crippen molar-refractivity contribution in [3.63, 3.8) is 0 Å². The first-order chi connectivity index (χ1) is 8.90. The highest BCUT2D eigenvalue weighted by Crippen LogP contribution is 2.35. The van der Waals surface area contributed by atoms with E-state index in [-0.39, 0.29) is 4.90 Å². The maximum Gasteiger partial charge on any atom is 0.175 e. The number of hydrogen-bond donors (Lipinski definition) is 2. The highest BCUT2D eigenvalue weighted by atomic mass is 32.2. The predicted molar refractivity (Wildman–Crippen MR) is 79.0 cm³/mol. The maximum atomic E-state index is 11.5. The van der Waals surface area contributed by atoms with Crippen LogP contribution in [0.25, 0.3) is 0 Å². The number of hydrogen-bond acceptors (Lipinski definition) is 4. The second-order valence-corrected chi connectivity index (χ2v) is 7.47.